The van der Waals surface area contributed by atoms with Crippen molar-refractivity contribution in [2.24, 2.45) is 14.1 Å². The van der Waals surface area contributed by atoms with Crippen molar-refractivity contribution in [2.45, 2.75) is 97.6 Å². The molecule has 2 aliphatic rings. The zero-order valence-electron chi connectivity index (χ0n) is 45.2. The number of carbonyl (C=O) groups excluding carboxylic acids is 1. The number of aromatic nitrogens is 6. The molecule has 2 saturated heterocycles. The Morgan fingerprint density at radius 3 is 1.52 bits per heavy atom. The van der Waals surface area contributed by atoms with E-state index in [1.54, 1.807) is 0 Å². The van der Waals surface area contributed by atoms with E-state index in [9.17, 15) is 19.5 Å². The molecule has 0 spiro atoms. The van der Waals surface area contributed by atoms with Crippen LogP contribution in [0.5, 0.6) is 0 Å². The third-order valence-electron chi connectivity index (χ3n) is 15.0. The number of nitrogens with zero attached hydrogens (tertiary/aromatic N) is 10. The fraction of sp³-hybridized carbons (Fsp3) is 0.371. The van der Waals surface area contributed by atoms with Gasteiger partial charge in [-0.3, -0.25) is 44.1 Å². The third-order valence-corrected chi connectivity index (χ3v) is 15.0. The largest absolute Gasteiger partial charge is 0.465 e. The Morgan fingerprint density at radius 1 is 0.623 bits per heavy atom. The molecule has 77 heavy (non-hydrogen) atoms. The van der Waals surface area contributed by atoms with Crippen LogP contribution in [0.15, 0.2) is 144 Å². The molecule has 0 bridgehead atoms. The molecule has 8 heterocycles. The van der Waals surface area contributed by atoms with Gasteiger partial charge in [0.15, 0.2) is 10.9 Å². The first-order valence-electron chi connectivity index (χ1n) is 27.0. The molecule has 6 aromatic heterocycles. The van der Waals surface area contributed by atoms with Crippen molar-refractivity contribution < 1.29 is 14.6 Å². The Kier molecular flexibility index (Phi) is 18.0. The molecular formula is C62H72N10O5. The lowest BCUT2D eigenvalue weighted by molar-refractivity contribution is -0.140. The summed E-state index contributed by atoms with van der Waals surface area (Å²) in [6, 6.07) is 32.8. The monoisotopic (exact) mass is 1040 g/mol. The molecule has 0 amide bonds. The van der Waals surface area contributed by atoms with Gasteiger partial charge in [-0.25, -0.2) is 0 Å². The second-order valence-electron chi connectivity index (χ2n) is 20.7. The summed E-state index contributed by atoms with van der Waals surface area (Å²) in [5.74, 6) is -0.274. The first kappa shape index (κ1) is 54.2. The number of aliphatic hydroxyl groups is 1. The smallest absolute Gasteiger partial charge is 0.302 e. The van der Waals surface area contributed by atoms with E-state index in [0.29, 0.717) is 32.5 Å². The van der Waals surface area contributed by atoms with Gasteiger partial charge in [-0.15, -0.1) is 0 Å². The van der Waals surface area contributed by atoms with E-state index < -0.39 is 0 Å². The normalized spacial score (nSPS) is 15.7. The highest BCUT2D eigenvalue weighted by molar-refractivity contribution is 5.80. The summed E-state index contributed by atoms with van der Waals surface area (Å²) in [4.78, 5) is 65.7. The van der Waals surface area contributed by atoms with Crippen molar-refractivity contribution in [1.82, 2.24) is 38.9 Å². The Bertz CT molecular complexity index is 3400. The van der Waals surface area contributed by atoms with Crippen LogP contribution < -0.4 is 20.7 Å². The number of esters is 1. The molecule has 1 N–H and O–H groups in total. The zero-order chi connectivity index (χ0) is 53.8. The molecule has 2 fully saturated rings. The van der Waals surface area contributed by atoms with E-state index in [1.807, 2.05) is 126 Å². The number of carbonyl (C=O) groups is 1. The number of hydrogen-bond acceptors (Lipinski definition) is 13. The first-order valence-corrected chi connectivity index (χ1v) is 27.0. The first-order chi connectivity index (χ1) is 37.4. The SMILES string of the molecule is CC(=O)OCCc1ccc(N2CCC[C@H](N(Cc3ccnc(C)c3)Cc3cn(C)c4ccccc4c3=O)C2)cn1.Cc1cc(CN(Cc2cn(C)c3ccccc3c2=O)[C@H]2CCCN(c3ccc(CCO)nc3)C2)ccn1. The van der Waals surface area contributed by atoms with Gasteiger partial charge in [0.2, 0.25) is 0 Å². The Labute approximate surface area is 451 Å². The maximum atomic E-state index is 13.5. The maximum Gasteiger partial charge on any atom is 0.302 e. The van der Waals surface area contributed by atoms with E-state index in [2.05, 4.69) is 85.1 Å². The average molecular weight is 1040 g/mol. The quantitative estimate of drug-likeness (QED) is 0.0872. The standard InChI is InChI=1S/C32H37N5O3.C30H35N5O2/c1-23-17-25(12-14-33-23)19-37(21-26-20-35(3)31-9-5-4-8-30(31)32(26)39)29-7-6-15-36(22-29)28-11-10-27(34-18-28)13-16-40-24(2)38;1-22-16-23(11-13-31-22)18-35(20-24-19-33(2)29-8-4-3-7-28(29)30(24)37)27-6-5-14-34(21-27)26-10-9-25(12-15-36)32-17-26/h4-5,8-12,14,17-18,20,29H,6-7,13,15-16,19,21-22H2,1-3H3;3-4,7-11,13,16-17,19,27,36H,5-6,12,14-15,18,20-21H2,1-2H3/t29-;27-/m00/s1. The number of para-hydroxylation sites is 2. The van der Waals surface area contributed by atoms with Gasteiger partial charge in [-0.2, -0.15) is 0 Å². The fourth-order valence-electron chi connectivity index (χ4n) is 11.1. The summed E-state index contributed by atoms with van der Waals surface area (Å²) < 4.78 is 9.18. The molecule has 0 saturated carbocycles. The van der Waals surface area contributed by atoms with Gasteiger partial charge in [0, 0.05) is 174 Å². The lowest BCUT2D eigenvalue weighted by Gasteiger charge is -2.40. The Balaban J connectivity index is 0.000000188. The van der Waals surface area contributed by atoms with Gasteiger partial charge in [-0.1, -0.05) is 24.3 Å². The molecule has 2 aromatic carbocycles. The molecule has 15 heteroatoms. The number of hydrogen-bond donors (Lipinski definition) is 1. The topological polar surface area (TPSA) is 155 Å². The van der Waals surface area contributed by atoms with Crippen LogP contribution in [0.25, 0.3) is 21.8 Å². The molecule has 15 nitrogen and oxygen atoms in total. The predicted molar refractivity (Wildman–Crippen MR) is 305 cm³/mol. The number of aliphatic hydroxyl groups excluding tert-OH is 1. The van der Waals surface area contributed by atoms with Crippen LogP contribution in [0, 0.1) is 13.8 Å². The molecular weight excluding hydrogens is 965 g/mol. The summed E-state index contributed by atoms with van der Waals surface area (Å²) in [6.07, 6.45) is 17.0. The Hall–Kier alpha value is -7.59. The van der Waals surface area contributed by atoms with E-state index in [4.69, 9.17) is 4.74 Å². The summed E-state index contributed by atoms with van der Waals surface area (Å²) in [6.45, 7) is 12.2. The van der Waals surface area contributed by atoms with Crippen LogP contribution in [-0.2, 0) is 62.6 Å². The van der Waals surface area contributed by atoms with Crippen LogP contribution in [-0.4, -0.2) is 101 Å². The lowest BCUT2D eigenvalue weighted by Crippen LogP contribution is -2.48. The van der Waals surface area contributed by atoms with E-state index in [0.717, 1.165) is 132 Å². The van der Waals surface area contributed by atoms with Crippen molar-refractivity contribution in [1.29, 1.82) is 0 Å². The second-order valence-corrected chi connectivity index (χ2v) is 20.7. The van der Waals surface area contributed by atoms with Crippen LogP contribution >= 0.6 is 0 Å². The van der Waals surface area contributed by atoms with Gasteiger partial charge in [0.1, 0.15) is 0 Å². The van der Waals surface area contributed by atoms with Gasteiger partial charge < -0.3 is 28.8 Å². The summed E-state index contributed by atoms with van der Waals surface area (Å²) in [5, 5.41) is 10.7. The number of aryl methyl sites for hydroxylation is 4. The number of anilines is 2. The van der Waals surface area contributed by atoms with E-state index >= 15 is 0 Å². The van der Waals surface area contributed by atoms with Crippen molar-refractivity contribution in [3.05, 3.63) is 200 Å². The third kappa shape index (κ3) is 13.9. The molecule has 0 aliphatic carbocycles. The summed E-state index contributed by atoms with van der Waals surface area (Å²) >= 11 is 0. The van der Waals surface area contributed by atoms with Crippen LogP contribution in [0.4, 0.5) is 11.4 Å². The summed E-state index contributed by atoms with van der Waals surface area (Å²) in [5.41, 5.74) is 12.1. The number of piperidine rings is 2. The van der Waals surface area contributed by atoms with Crippen molar-refractivity contribution in [3.63, 3.8) is 0 Å². The van der Waals surface area contributed by atoms with E-state index in [1.165, 1.54) is 18.1 Å². The highest BCUT2D eigenvalue weighted by atomic mass is 16.5. The van der Waals surface area contributed by atoms with Gasteiger partial charge in [-0.05, 0) is 123 Å². The molecule has 2 aliphatic heterocycles. The van der Waals surface area contributed by atoms with Crippen LogP contribution in [0.1, 0.15) is 77.6 Å². The number of benzene rings is 2. The molecule has 0 unspecified atom stereocenters. The van der Waals surface area contributed by atoms with Crippen LogP contribution in [0.3, 0.4) is 0 Å². The molecule has 10 rings (SSSR count). The van der Waals surface area contributed by atoms with E-state index in [-0.39, 0.29) is 35.5 Å². The minimum absolute atomic E-state index is 0.103. The molecule has 2 atom stereocenters. The zero-order valence-corrected chi connectivity index (χ0v) is 45.2. The lowest BCUT2D eigenvalue weighted by atomic mass is 10.0. The predicted octanol–water partition coefficient (Wildman–Crippen LogP) is 8.26. The average Bonchev–Trinajstić information content (AvgIpc) is 3.46. The number of fused-ring (bicyclic) bond motifs is 2. The highest BCUT2D eigenvalue weighted by Gasteiger charge is 2.29. The van der Waals surface area contributed by atoms with Gasteiger partial charge in [0.25, 0.3) is 0 Å². The molecule has 0 radical (unpaired) electrons. The minimum atomic E-state index is -0.274. The van der Waals surface area contributed by atoms with Crippen molar-refractivity contribution in [2.75, 3.05) is 49.2 Å². The summed E-state index contributed by atoms with van der Waals surface area (Å²) in [7, 11) is 4.02. The molecule has 8 aromatic rings. The Morgan fingerprint density at radius 2 is 1.09 bits per heavy atom. The van der Waals surface area contributed by atoms with Crippen LogP contribution in [0.2, 0.25) is 0 Å². The van der Waals surface area contributed by atoms with Crippen molar-refractivity contribution in [3.8, 4) is 0 Å². The number of ether oxygens (including phenoxy) is 1. The molecule has 400 valence electrons. The highest BCUT2D eigenvalue weighted by Crippen LogP contribution is 2.28. The fourth-order valence-corrected chi connectivity index (χ4v) is 11.1. The van der Waals surface area contributed by atoms with Crippen molar-refractivity contribution >= 4 is 39.1 Å². The maximum absolute atomic E-state index is 13.5. The number of rotatable bonds is 17. The second kappa shape index (κ2) is 25.5. The van der Waals surface area contributed by atoms with Gasteiger partial charge in [0.05, 0.1) is 41.4 Å². The van der Waals surface area contributed by atoms with Gasteiger partial charge >= 0.3 is 5.97 Å². The minimum Gasteiger partial charge on any atom is -0.465 e. The number of pyridine rings is 6.